The smallest absolute Gasteiger partial charge is 0.306 e. The molecule has 0 aliphatic carbocycles. The lowest BCUT2D eigenvalue weighted by atomic mass is 9.81. The van der Waals surface area contributed by atoms with Crippen LogP contribution in [0.2, 0.25) is 0 Å². The Morgan fingerprint density at radius 1 is 1.35 bits per heavy atom. The quantitative estimate of drug-likeness (QED) is 0.883. The molecule has 3 heterocycles. The Hall–Kier alpha value is -1.81. The second-order valence-corrected chi connectivity index (χ2v) is 6.71. The summed E-state index contributed by atoms with van der Waals surface area (Å²) in [4.78, 5) is 18.2. The standard InChI is InChI=1S/C19H24N2O2/c1-2-23-17(22)12-13-6-5-10-21-11-9-15-14-7-3-4-8-16(14)20-18(15)19(13)21/h3-4,7-8,13,19-20H,2,5-6,9-12H2,1H3/t13-,19-/m1/s1. The highest BCUT2D eigenvalue weighted by Crippen LogP contribution is 2.43. The van der Waals surface area contributed by atoms with Gasteiger partial charge in [0.15, 0.2) is 0 Å². The van der Waals surface area contributed by atoms with Crippen molar-refractivity contribution in [3.63, 3.8) is 0 Å². The summed E-state index contributed by atoms with van der Waals surface area (Å²) in [6.45, 7) is 4.58. The Balaban J connectivity index is 1.70. The molecular formula is C19H24N2O2. The maximum absolute atomic E-state index is 12.0. The Labute approximate surface area is 136 Å². The van der Waals surface area contributed by atoms with E-state index < -0.39 is 0 Å². The number of aromatic nitrogens is 1. The van der Waals surface area contributed by atoms with E-state index in [2.05, 4.69) is 34.1 Å². The van der Waals surface area contributed by atoms with Gasteiger partial charge in [-0.1, -0.05) is 18.2 Å². The van der Waals surface area contributed by atoms with Crippen molar-refractivity contribution in [3.8, 4) is 0 Å². The van der Waals surface area contributed by atoms with Crippen molar-refractivity contribution in [2.75, 3.05) is 19.7 Å². The summed E-state index contributed by atoms with van der Waals surface area (Å²) < 4.78 is 5.20. The van der Waals surface area contributed by atoms with E-state index in [1.807, 2.05) is 6.92 Å². The summed E-state index contributed by atoms with van der Waals surface area (Å²) in [7, 11) is 0. The highest BCUT2D eigenvalue weighted by molar-refractivity contribution is 5.85. The summed E-state index contributed by atoms with van der Waals surface area (Å²) in [6, 6.07) is 8.90. The van der Waals surface area contributed by atoms with Gasteiger partial charge in [0.05, 0.1) is 19.1 Å². The van der Waals surface area contributed by atoms with Crippen molar-refractivity contribution in [2.45, 2.75) is 38.6 Å². The molecule has 2 aromatic rings. The lowest BCUT2D eigenvalue weighted by Crippen LogP contribution is -2.43. The van der Waals surface area contributed by atoms with Gasteiger partial charge in [0, 0.05) is 23.1 Å². The van der Waals surface area contributed by atoms with Crippen molar-refractivity contribution in [3.05, 3.63) is 35.5 Å². The van der Waals surface area contributed by atoms with Crippen molar-refractivity contribution < 1.29 is 9.53 Å². The van der Waals surface area contributed by atoms with Crippen LogP contribution in [0.4, 0.5) is 0 Å². The van der Waals surface area contributed by atoms with Gasteiger partial charge in [0.1, 0.15) is 0 Å². The number of ether oxygens (including phenoxy) is 1. The summed E-state index contributed by atoms with van der Waals surface area (Å²) in [5.74, 6) is 0.303. The van der Waals surface area contributed by atoms with Crippen molar-refractivity contribution in [2.24, 2.45) is 5.92 Å². The second kappa shape index (κ2) is 6.00. The monoisotopic (exact) mass is 312 g/mol. The van der Waals surface area contributed by atoms with Crippen molar-refractivity contribution in [1.82, 2.24) is 9.88 Å². The molecule has 0 unspecified atom stereocenters. The van der Waals surface area contributed by atoms with Gasteiger partial charge in [-0.2, -0.15) is 0 Å². The van der Waals surface area contributed by atoms with Crippen LogP contribution in [0.1, 0.15) is 43.5 Å². The number of nitrogens with zero attached hydrogens (tertiary/aromatic N) is 1. The van der Waals surface area contributed by atoms with E-state index in [-0.39, 0.29) is 5.97 Å². The van der Waals surface area contributed by atoms with E-state index in [0.717, 1.165) is 25.9 Å². The third-order valence-corrected chi connectivity index (χ3v) is 5.39. The molecule has 23 heavy (non-hydrogen) atoms. The molecule has 122 valence electrons. The average Bonchev–Trinajstić information content (AvgIpc) is 2.94. The first-order valence-corrected chi connectivity index (χ1v) is 8.77. The SMILES string of the molecule is CCOC(=O)C[C@H]1CCCN2CCc3c([nH]c4ccccc34)[C@@H]12. The van der Waals surface area contributed by atoms with Gasteiger partial charge in [-0.3, -0.25) is 9.69 Å². The number of esters is 1. The van der Waals surface area contributed by atoms with E-state index in [1.54, 1.807) is 0 Å². The maximum atomic E-state index is 12.0. The molecule has 1 aromatic heterocycles. The minimum absolute atomic E-state index is 0.0532. The largest absolute Gasteiger partial charge is 0.466 e. The Morgan fingerprint density at radius 2 is 2.22 bits per heavy atom. The van der Waals surface area contributed by atoms with Gasteiger partial charge in [-0.15, -0.1) is 0 Å². The minimum atomic E-state index is -0.0532. The first-order valence-electron chi connectivity index (χ1n) is 8.77. The van der Waals surface area contributed by atoms with Crippen LogP contribution in [-0.2, 0) is 16.0 Å². The molecule has 0 bridgehead atoms. The lowest BCUT2D eigenvalue weighted by molar-refractivity contribution is -0.145. The molecule has 2 atom stereocenters. The van der Waals surface area contributed by atoms with Gasteiger partial charge >= 0.3 is 5.97 Å². The normalized spacial score (nSPS) is 24.2. The number of aromatic amines is 1. The molecule has 0 spiro atoms. The third kappa shape index (κ3) is 2.55. The zero-order valence-corrected chi connectivity index (χ0v) is 13.7. The van der Waals surface area contributed by atoms with E-state index in [4.69, 9.17) is 4.74 Å². The number of rotatable bonds is 3. The molecule has 4 nitrogen and oxygen atoms in total. The molecule has 2 aliphatic heterocycles. The van der Waals surface area contributed by atoms with E-state index >= 15 is 0 Å². The van der Waals surface area contributed by atoms with Crippen LogP contribution in [0.25, 0.3) is 10.9 Å². The van der Waals surface area contributed by atoms with Crippen LogP contribution in [-0.4, -0.2) is 35.5 Å². The molecule has 4 heteroatoms. The molecule has 1 fully saturated rings. The molecule has 0 amide bonds. The first kappa shape index (κ1) is 14.8. The van der Waals surface area contributed by atoms with Crippen LogP contribution < -0.4 is 0 Å². The zero-order chi connectivity index (χ0) is 15.8. The number of carbonyl (C=O) groups is 1. The molecule has 1 aromatic carbocycles. The van der Waals surface area contributed by atoms with Crippen LogP contribution >= 0.6 is 0 Å². The van der Waals surface area contributed by atoms with Crippen molar-refractivity contribution in [1.29, 1.82) is 0 Å². The van der Waals surface area contributed by atoms with Gasteiger partial charge in [-0.25, -0.2) is 0 Å². The van der Waals surface area contributed by atoms with Gasteiger partial charge < -0.3 is 9.72 Å². The van der Waals surface area contributed by atoms with E-state index in [9.17, 15) is 4.79 Å². The van der Waals surface area contributed by atoms with Crippen LogP contribution in [0.3, 0.4) is 0 Å². The summed E-state index contributed by atoms with van der Waals surface area (Å²) in [6.07, 6.45) is 3.91. The van der Waals surface area contributed by atoms with Crippen molar-refractivity contribution >= 4 is 16.9 Å². The lowest BCUT2D eigenvalue weighted by Gasteiger charge is -2.44. The fourth-order valence-corrected chi connectivity index (χ4v) is 4.47. The summed E-state index contributed by atoms with van der Waals surface area (Å²) in [5.41, 5.74) is 4.02. The predicted molar refractivity (Wildman–Crippen MR) is 90.3 cm³/mol. The molecule has 4 rings (SSSR count). The minimum Gasteiger partial charge on any atom is -0.466 e. The second-order valence-electron chi connectivity index (χ2n) is 6.71. The molecule has 0 saturated carbocycles. The van der Waals surface area contributed by atoms with E-state index in [0.29, 0.717) is 25.0 Å². The maximum Gasteiger partial charge on any atom is 0.306 e. The molecular weight excluding hydrogens is 288 g/mol. The predicted octanol–water partition coefficient (Wildman–Crippen LogP) is 3.43. The number of hydrogen-bond donors (Lipinski definition) is 1. The third-order valence-electron chi connectivity index (χ3n) is 5.39. The molecule has 1 saturated heterocycles. The molecule has 2 aliphatic rings. The fourth-order valence-electron chi connectivity index (χ4n) is 4.47. The van der Waals surface area contributed by atoms with Gasteiger partial charge in [0.25, 0.3) is 0 Å². The number of para-hydroxylation sites is 1. The Morgan fingerprint density at radius 3 is 3.09 bits per heavy atom. The van der Waals surface area contributed by atoms with Gasteiger partial charge in [0.2, 0.25) is 0 Å². The fraction of sp³-hybridized carbons (Fsp3) is 0.526. The highest BCUT2D eigenvalue weighted by Gasteiger charge is 2.39. The number of nitrogens with one attached hydrogen (secondary N) is 1. The highest BCUT2D eigenvalue weighted by atomic mass is 16.5. The number of H-pyrrole nitrogens is 1. The molecule has 0 radical (unpaired) electrons. The number of benzene rings is 1. The number of hydrogen-bond acceptors (Lipinski definition) is 3. The van der Waals surface area contributed by atoms with Crippen LogP contribution in [0.5, 0.6) is 0 Å². The zero-order valence-electron chi connectivity index (χ0n) is 13.7. The Bertz CT molecular complexity index is 721. The summed E-state index contributed by atoms with van der Waals surface area (Å²) in [5, 5.41) is 1.35. The first-order chi connectivity index (χ1) is 11.3. The average molecular weight is 312 g/mol. The number of carbonyl (C=O) groups excluding carboxylic acids is 1. The van der Waals surface area contributed by atoms with Crippen LogP contribution in [0.15, 0.2) is 24.3 Å². The van der Waals surface area contributed by atoms with E-state index in [1.165, 1.54) is 28.6 Å². The number of fused-ring (bicyclic) bond motifs is 5. The number of piperidine rings is 1. The Kier molecular flexibility index (Phi) is 3.85. The van der Waals surface area contributed by atoms with Crippen LogP contribution in [0, 0.1) is 5.92 Å². The molecule has 1 N–H and O–H groups in total. The summed E-state index contributed by atoms with van der Waals surface area (Å²) >= 11 is 0. The van der Waals surface area contributed by atoms with Gasteiger partial charge in [-0.05, 0) is 50.3 Å². The topological polar surface area (TPSA) is 45.3 Å².